The van der Waals surface area contributed by atoms with Gasteiger partial charge in [0.2, 0.25) is 0 Å². The van der Waals surface area contributed by atoms with Crippen molar-refractivity contribution < 1.29 is 0 Å². The number of aryl methyl sites for hydroxylation is 2. The van der Waals surface area contributed by atoms with Gasteiger partial charge in [-0.2, -0.15) is 10.2 Å². The van der Waals surface area contributed by atoms with Crippen molar-refractivity contribution in [1.29, 1.82) is 0 Å². The molecule has 0 saturated carbocycles. The topological polar surface area (TPSA) is 50.2 Å². The number of hydrazone groups is 1. The highest BCUT2D eigenvalue weighted by Crippen LogP contribution is 2.19. The van der Waals surface area contributed by atoms with Crippen LogP contribution in [0.4, 0.5) is 5.82 Å². The second-order valence-corrected chi connectivity index (χ2v) is 5.39. The van der Waals surface area contributed by atoms with E-state index in [0.29, 0.717) is 5.82 Å². The zero-order chi connectivity index (χ0) is 15.5. The van der Waals surface area contributed by atoms with E-state index in [1.165, 1.54) is 11.1 Å². The van der Waals surface area contributed by atoms with E-state index in [1.54, 1.807) is 6.20 Å². The molecule has 0 aliphatic heterocycles. The van der Waals surface area contributed by atoms with Gasteiger partial charge in [0.05, 0.1) is 11.9 Å². The fourth-order valence-electron chi connectivity index (χ4n) is 2.28. The van der Waals surface area contributed by atoms with E-state index in [4.69, 9.17) is 0 Å². The molecular formula is C18H18N4. The molecule has 0 spiro atoms. The molecule has 110 valence electrons. The van der Waals surface area contributed by atoms with Crippen molar-refractivity contribution in [1.82, 2.24) is 10.2 Å². The molecular weight excluding hydrogens is 272 g/mol. The summed E-state index contributed by atoms with van der Waals surface area (Å²) in [6.07, 6.45) is 1.75. The van der Waals surface area contributed by atoms with Gasteiger partial charge >= 0.3 is 0 Å². The predicted octanol–water partition coefficient (Wildman–Crippen LogP) is 4.08. The van der Waals surface area contributed by atoms with Crippen LogP contribution in [0.25, 0.3) is 10.8 Å². The van der Waals surface area contributed by atoms with Crippen LogP contribution < -0.4 is 5.43 Å². The lowest BCUT2D eigenvalue weighted by molar-refractivity contribution is 1.04. The molecule has 4 heteroatoms. The van der Waals surface area contributed by atoms with Crippen molar-refractivity contribution in [3.8, 4) is 0 Å². The Morgan fingerprint density at radius 2 is 1.86 bits per heavy atom. The molecule has 2 aromatic carbocycles. The van der Waals surface area contributed by atoms with Crippen LogP contribution in [-0.2, 0) is 0 Å². The molecule has 0 bridgehead atoms. The lowest BCUT2D eigenvalue weighted by Gasteiger charge is -2.07. The maximum absolute atomic E-state index is 4.45. The van der Waals surface area contributed by atoms with E-state index in [9.17, 15) is 0 Å². The number of hydrogen-bond acceptors (Lipinski definition) is 4. The molecule has 22 heavy (non-hydrogen) atoms. The first-order chi connectivity index (χ1) is 10.6. The van der Waals surface area contributed by atoms with Gasteiger partial charge < -0.3 is 0 Å². The van der Waals surface area contributed by atoms with E-state index >= 15 is 0 Å². The summed E-state index contributed by atoms with van der Waals surface area (Å²) in [5.74, 6) is 0.668. The molecule has 1 heterocycles. The molecule has 3 aromatic rings. The van der Waals surface area contributed by atoms with Crippen LogP contribution in [0.15, 0.2) is 53.8 Å². The van der Waals surface area contributed by atoms with Crippen molar-refractivity contribution in [3.05, 3.63) is 65.4 Å². The SMILES string of the molecule is C/C(=N\Nc1nncc2ccccc12)c1ccc(C)c(C)c1. The Balaban J connectivity index is 1.90. The molecule has 0 aliphatic rings. The van der Waals surface area contributed by atoms with Crippen molar-refractivity contribution in [2.75, 3.05) is 5.43 Å². The van der Waals surface area contributed by atoms with Crippen LogP contribution in [0.2, 0.25) is 0 Å². The molecule has 1 N–H and O–H groups in total. The minimum Gasteiger partial charge on any atom is -0.259 e. The standard InChI is InChI=1S/C18H18N4/c1-12-8-9-15(10-13(12)2)14(3)20-22-18-17-7-5-4-6-16(17)11-19-21-18/h4-11H,1-3H3,(H,21,22)/b20-14+. The molecule has 0 aliphatic carbocycles. The van der Waals surface area contributed by atoms with E-state index in [1.807, 2.05) is 31.2 Å². The fraction of sp³-hybridized carbons (Fsp3) is 0.167. The first-order valence-corrected chi connectivity index (χ1v) is 7.23. The van der Waals surface area contributed by atoms with E-state index in [2.05, 4.69) is 52.8 Å². The third-order valence-electron chi connectivity index (χ3n) is 3.82. The Kier molecular flexibility index (Phi) is 3.83. The maximum Gasteiger partial charge on any atom is 0.176 e. The molecule has 0 atom stereocenters. The number of fused-ring (bicyclic) bond motifs is 1. The van der Waals surface area contributed by atoms with Crippen LogP contribution in [0.5, 0.6) is 0 Å². The third kappa shape index (κ3) is 2.81. The minimum absolute atomic E-state index is 0.668. The van der Waals surface area contributed by atoms with Gasteiger partial charge in [0.15, 0.2) is 5.82 Å². The Bertz CT molecular complexity index is 847. The first-order valence-electron chi connectivity index (χ1n) is 7.23. The fourth-order valence-corrected chi connectivity index (χ4v) is 2.28. The van der Waals surface area contributed by atoms with Gasteiger partial charge in [-0.25, -0.2) is 0 Å². The smallest absolute Gasteiger partial charge is 0.176 e. The van der Waals surface area contributed by atoms with Crippen LogP contribution in [0, 0.1) is 13.8 Å². The van der Waals surface area contributed by atoms with E-state index in [-0.39, 0.29) is 0 Å². The van der Waals surface area contributed by atoms with Gasteiger partial charge in [0, 0.05) is 10.8 Å². The molecule has 3 rings (SSSR count). The van der Waals surface area contributed by atoms with Gasteiger partial charge in [0.1, 0.15) is 0 Å². The molecule has 4 nitrogen and oxygen atoms in total. The van der Waals surface area contributed by atoms with Crippen LogP contribution in [-0.4, -0.2) is 15.9 Å². The highest BCUT2D eigenvalue weighted by molar-refractivity contribution is 6.00. The van der Waals surface area contributed by atoms with Crippen LogP contribution in [0.3, 0.4) is 0 Å². The summed E-state index contributed by atoms with van der Waals surface area (Å²) in [7, 11) is 0. The quantitative estimate of drug-likeness (QED) is 0.584. The van der Waals surface area contributed by atoms with E-state index < -0.39 is 0 Å². The number of aromatic nitrogens is 2. The predicted molar refractivity (Wildman–Crippen MR) is 91.3 cm³/mol. The Hall–Kier alpha value is -2.75. The number of benzene rings is 2. The number of nitrogens with zero attached hydrogens (tertiary/aromatic N) is 3. The van der Waals surface area contributed by atoms with Crippen LogP contribution >= 0.6 is 0 Å². The molecule has 1 aromatic heterocycles. The summed E-state index contributed by atoms with van der Waals surface area (Å²) in [4.78, 5) is 0. The third-order valence-corrected chi connectivity index (χ3v) is 3.82. The number of hydrogen-bond donors (Lipinski definition) is 1. The summed E-state index contributed by atoms with van der Waals surface area (Å²) in [6, 6.07) is 14.3. The molecule has 0 radical (unpaired) electrons. The minimum atomic E-state index is 0.668. The van der Waals surface area contributed by atoms with Crippen molar-refractivity contribution >= 4 is 22.3 Å². The zero-order valence-electron chi connectivity index (χ0n) is 13.0. The second-order valence-electron chi connectivity index (χ2n) is 5.39. The summed E-state index contributed by atoms with van der Waals surface area (Å²) >= 11 is 0. The highest BCUT2D eigenvalue weighted by atomic mass is 15.3. The Morgan fingerprint density at radius 1 is 1.05 bits per heavy atom. The number of anilines is 1. The zero-order valence-corrected chi connectivity index (χ0v) is 13.0. The van der Waals surface area contributed by atoms with Crippen LogP contribution in [0.1, 0.15) is 23.6 Å². The first kappa shape index (κ1) is 14.2. The maximum atomic E-state index is 4.45. The van der Waals surface area contributed by atoms with Crippen molar-refractivity contribution in [3.63, 3.8) is 0 Å². The van der Waals surface area contributed by atoms with Gasteiger partial charge in [0.25, 0.3) is 0 Å². The molecule has 0 saturated heterocycles. The van der Waals surface area contributed by atoms with Crippen molar-refractivity contribution in [2.45, 2.75) is 20.8 Å². The summed E-state index contributed by atoms with van der Waals surface area (Å²) in [5, 5.41) is 14.6. The lowest BCUT2D eigenvalue weighted by Crippen LogP contribution is -2.02. The Morgan fingerprint density at radius 3 is 2.68 bits per heavy atom. The summed E-state index contributed by atoms with van der Waals surface area (Å²) < 4.78 is 0. The number of rotatable bonds is 3. The molecule has 0 unspecified atom stereocenters. The van der Waals surface area contributed by atoms with E-state index in [0.717, 1.165) is 22.0 Å². The van der Waals surface area contributed by atoms with Gasteiger partial charge in [-0.15, -0.1) is 5.10 Å². The molecule has 0 amide bonds. The Labute approximate surface area is 129 Å². The normalized spacial score (nSPS) is 11.7. The van der Waals surface area contributed by atoms with Gasteiger partial charge in [-0.05, 0) is 43.5 Å². The van der Waals surface area contributed by atoms with Gasteiger partial charge in [-0.1, -0.05) is 36.4 Å². The second kappa shape index (κ2) is 5.93. The summed E-state index contributed by atoms with van der Waals surface area (Å²) in [6.45, 7) is 6.20. The largest absolute Gasteiger partial charge is 0.259 e. The molecule has 0 fully saturated rings. The average molecular weight is 290 g/mol. The highest BCUT2D eigenvalue weighted by Gasteiger charge is 2.03. The lowest BCUT2D eigenvalue weighted by atomic mass is 10.0. The average Bonchev–Trinajstić information content (AvgIpc) is 2.55. The van der Waals surface area contributed by atoms with Gasteiger partial charge in [-0.3, -0.25) is 5.43 Å². The number of nitrogens with one attached hydrogen (secondary N) is 1. The van der Waals surface area contributed by atoms with Crippen molar-refractivity contribution in [2.24, 2.45) is 5.10 Å². The monoisotopic (exact) mass is 290 g/mol. The summed E-state index contributed by atoms with van der Waals surface area (Å²) in [5.41, 5.74) is 7.59.